The van der Waals surface area contributed by atoms with E-state index >= 15 is 0 Å². The topological polar surface area (TPSA) is 66.5 Å². The maximum atomic E-state index is 12.8. The van der Waals surface area contributed by atoms with Gasteiger partial charge in [0.15, 0.2) is 0 Å². The molecule has 1 aromatic carbocycles. The molecule has 0 spiro atoms. The molecule has 0 unspecified atom stereocenters. The van der Waals surface area contributed by atoms with Crippen LogP contribution in [0.1, 0.15) is 25.8 Å². The number of benzene rings is 1. The maximum absolute atomic E-state index is 12.8. The Morgan fingerprint density at radius 1 is 1.33 bits per heavy atom. The van der Waals surface area contributed by atoms with Gasteiger partial charge in [0, 0.05) is 13.1 Å². The van der Waals surface area contributed by atoms with Crippen molar-refractivity contribution in [2.24, 2.45) is 5.92 Å². The summed E-state index contributed by atoms with van der Waals surface area (Å²) in [7, 11) is -3.64. The van der Waals surface area contributed by atoms with E-state index in [2.05, 4.69) is 5.32 Å². The molecule has 0 aliphatic carbocycles. The Labute approximate surface area is 126 Å². The lowest BCUT2D eigenvalue weighted by molar-refractivity contribution is -0.128. The van der Waals surface area contributed by atoms with Crippen molar-refractivity contribution < 1.29 is 13.2 Å². The Balaban J connectivity index is 2.40. The maximum Gasteiger partial charge on any atom is 0.243 e. The van der Waals surface area contributed by atoms with E-state index < -0.39 is 16.1 Å². The molecule has 0 bridgehead atoms. The number of carbonyl (C=O) groups excluding carboxylic acids is 1. The van der Waals surface area contributed by atoms with Gasteiger partial charge in [-0.1, -0.05) is 38.0 Å². The van der Waals surface area contributed by atoms with Crippen molar-refractivity contribution in [3.05, 3.63) is 29.8 Å². The molecule has 2 rings (SSSR count). The lowest BCUT2D eigenvalue weighted by Crippen LogP contribution is -2.59. The van der Waals surface area contributed by atoms with E-state index in [1.165, 1.54) is 4.31 Å². The molecule has 1 fully saturated rings. The van der Waals surface area contributed by atoms with Crippen molar-refractivity contribution in [1.29, 1.82) is 0 Å². The van der Waals surface area contributed by atoms with Crippen molar-refractivity contribution >= 4 is 15.9 Å². The number of hydrogen-bond acceptors (Lipinski definition) is 3. The first-order valence-electron chi connectivity index (χ1n) is 7.24. The van der Waals surface area contributed by atoms with E-state index in [0.717, 1.165) is 12.0 Å². The van der Waals surface area contributed by atoms with Crippen LogP contribution in [0.5, 0.6) is 0 Å². The summed E-state index contributed by atoms with van der Waals surface area (Å²) in [6.45, 7) is 6.46. The molecule has 1 aliphatic heterocycles. The largest absolute Gasteiger partial charge is 0.353 e. The van der Waals surface area contributed by atoms with Gasteiger partial charge < -0.3 is 5.32 Å². The molecule has 0 saturated carbocycles. The lowest BCUT2D eigenvalue weighted by Gasteiger charge is -2.37. The van der Waals surface area contributed by atoms with Crippen LogP contribution in [0.3, 0.4) is 0 Å². The molecule has 0 radical (unpaired) electrons. The summed E-state index contributed by atoms with van der Waals surface area (Å²) in [5.74, 6) is -0.225. The molecule has 1 heterocycles. The Bertz CT molecular complexity index is 610. The molecule has 21 heavy (non-hydrogen) atoms. The SMILES string of the molecule is CC[C@H](C)[C@H]1C(=O)NCCN1S(=O)(=O)c1ccc(C)cc1. The second kappa shape index (κ2) is 6.15. The minimum absolute atomic E-state index is 0.0227. The summed E-state index contributed by atoms with van der Waals surface area (Å²) >= 11 is 0. The first kappa shape index (κ1) is 16.0. The monoisotopic (exact) mass is 310 g/mol. The zero-order valence-corrected chi connectivity index (χ0v) is 13.5. The van der Waals surface area contributed by atoms with Crippen molar-refractivity contribution in [2.75, 3.05) is 13.1 Å². The highest BCUT2D eigenvalue weighted by Crippen LogP contribution is 2.25. The fraction of sp³-hybridized carbons (Fsp3) is 0.533. The van der Waals surface area contributed by atoms with Gasteiger partial charge >= 0.3 is 0 Å². The second-order valence-electron chi connectivity index (χ2n) is 5.55. The number of piperazine rings is 1. The first-order valence-corrected chi connectivity index (χ1v) is 8.68. The smallest absolute Gasteiger partial charge is 0.243 e. The molecule has 0 aromatic heterocycles. The third-order valence-electron chi connectivity index (χ3n) is 4.02. The summed E-state index contributed by atoms with van der Waals surface area (Å²) < 4.78 is 27.0. The van der Waals surface area contributed by atoms with Gasteiger partial charge in [-0.3, -0.25) is 4.79 Å². The Morgan fingerprint density at radius 2 is 1.95 bits per heavy atom. The average molecular weight is 310 g/mol. The summed E-state index contributed by atoms with van der Waals surface area (Å²) in [6, 6.07) is 6.12. The van der Waals surface area contributed by atoms with E-state index in [1.807, 2.05) is 20.8 Å². The quantitative estimate of drug-likeness (QED) is 0.917. The summed E-state index contributed by atoms with van der Waals surface area (Å²) in [6.07, 6.45) is 0.748. The molecule has 1 amide bonds. The fourth-order valence-electron chi connectivity index (χ4n) is 2.54. The number of nitrogens with zero attached hydrogens (tertiary/aromatic N) is 1. The number of rotatable bonds is 4. The molecule has 1 aromatic rings. The van der Waals surface area contributed by atoms with E-state index in [1.54, 1.807) is 24.3 Å². The van der Waals surface area contributed by atoms with Gasteiger partial charge in [-0.25, -0.2) is 8.42 Å². The molecule has 2 atom stereocenters. The van der Waals surface area contributed by atoms with Crippen LogP contribution >= 0.6 is 0 Å². The third kappa shape index (κ3) is 3.11. The molecule has 1 aliphatic rings. The van der Waals surface area contributed by atoms with E-state index in [-0.39, 0.29) is 16.7 Å². The van der Waals surface area contributed by atoms with Crippen LogP contribution in [0.15, 0.2) is 29.2 Å². The number of aryl methyl sites for hydroxylation is 1. The molecular formula is C15H22N2O3S. The molecule has 1 saturated heterocycles. The van der Waals surface area contributed by atoms with Gasteiger partial charge in [-0.15, -0.1) is 0 Å². The predicted octanol–water partition coefficient (Wildman–Crippen LogP) is 1.53. The van der Waals surface area contributed by atoms with E-state index in [0.29, 0.717) is 13.1 Å². The van der Waals surface area contributed by atoms with Crippen LogP contribution < -0.4 is 5.32 Å². The first-order chi connectivity index (χ1) is 9.87. The van der Waals surface area contributed by atoms with Crippen molar-refractivity contribution in [3.63, 3.8) is 0 Å². The van der Waals surface area contributed by atoms with Gasteiger partial charge in [0.2, 0.25) is 15.9 Å². The standard InChI is InChI=1S/C15H22N2O3S/c1-4-12(3)14-15(18)16-9-10-17(14)21(19,20)13-7-5-11(2)6-8-13/h5-8,12,14H,4,9-10H2,1-3H3,(H,16,18)/t12-,14-/m0/s1. The Hall–Kier alpha value is -1.40. The second-order valence-corrected chi connectivity index (χ2v) is 7.44. The average Bonchev–Trinajstić information content (AvgIpc) is 2.46. The molecular weight excluding hydrogens is 288 g/mol. The molecule has 5 nitrogen and oxygen atoms in total. The minimum Gasteiger partial charge on any atom is -0.353 e. The normalized spacial score (nSPS) is 21.9. The van der Waals surface area contributed by atoms with Gasteiger partial charge in [0.25, 0.3) is 0 Å². The van der Waals surface area contributed by atoms with Crippen LogP contribution in [0.2, 0.25) is 0 Å². The Morgan fingerprint density at radius 3 is 2.52 bits per heavy atom. The molecule has 116 valence electrons. The van der Waals surface area contributed by atoms with Gasteiger partial charge in [-0.05, 0) is 25.0 Å². The predicted molar refractivity (Wildman–Crippen MR) is 81.3 cm³/mol. The van der Waals surface area contributed by atoms with Crippen molar-refractivity contribution in [1.82, 2.24) is 9.62 Å². The molecule has 6 heteroatoms. The number of carbonyl (C=O) groups is 1. The van der Waals surface area contributed by atoms with Gasteiger partial charge in [-0.2, -0.15) is 4.31 Å². The Kier molecular flexibility index (Phi) is 4.68. The van der Waals surface area contributed by atoms with E-state index in [4.69, 9.17) is 0 Å². The van der Waals surface area contributed by atoms with Crippen LogP contribution in [0.25, 0.3) is 0 Å². The third-order valence-corrected chi connectivity index (χ3v) is 5.92. The molecule has 1 N–H and O–H groups in total. The van der Waals surface area contributed by atoms with Crippen LogP contribution in [-0.2, 0) is 14.8 Å². The fourth-order valence-corrected chi connectivity index (χ4v) is 4.23. The highest BCUT2D eigenvalue weighted by Gasteiger charge is 2.40. The van der Waals surface area contributed by atoms with Crippen LogP contribution in [0, 0.1) is 12.8 Å². The number of sulfonamides is 1. The van der Waals surface area contributed by atoms with Crippen molar-refractivity contribution in [3.8, 4) is 0 Å². The number of hydrogen-bond donors (Lipinski definition) is 1. The van der Waals surface area contributed by atoms with Gasteiger partial charge in [0.05, 0.1) is 4.90 Å². The number of amides is 1. The number of nitrogens with one attached hydrogen (secondary N) is 1. The minimum atomic E-state index is -3.64. The van der Waals surface area contributed by atoms with E-state index in [9.17, 15) is 13.2 Å². The van der Waals surface area contributed by atoms with Gasteiger partial charge in [0.1, 0.15) is 6.04 Å². The highest BCUT2D eigenvalue weighted by atomic mass is 32.2. The highest BCUT2D eigenvalue weighted by molar-refractivity contribution is 7.89. The summed E-state index contributed by atoms with van der Waals surface area (Å²) in [4.78, 5) is 12.4. The van der Waals surface area contributed by atoms with Crippen LogP contribution in [-0.4, -0.2) is 37.8 Å². The zero-order chi connectivity index (χ0) is 15.6. The van der Waals surface area contributed by atoms with Crippen molar-refractivity contribution in [2.45, 2.75) is 38.1 Å². The lowest BCUT2D eigenvalue weighted by atomic mass is 9.97. The summed E-state index contributed by atoms with van der Waals surface area (Å²) in [5.41, 5.74) is 1.00. The zero-order valence-electron chi connectivity index (χ0n) is 12.7. The summed E-state index contributed by atoms with van der Waals surface area (Å²) in [5, 5.41) is 2.76. The van der Waals surface area contributed by atoms with Crippen LogP contribution in [0.4, 0.5) is 0 Å².